The molecule has 154 valence electrons. The third kappa shape index (κ3) is 3.36. The zero-order valence-electron chi connectivity index (χ0n) is 15.5. The van der Waals surface area contributed by atoms with Crippen molar-refractivity contribution in [3.8, 4) is 22.8 Å². The number of nitrogens with zero attached hydrogens (tertiary/aromatic N) is 1. The summed E-state index contributed by atoms with van der Waals surface area (Å²) in [6.45, 7) is 0.143. The molecule has 1 amide bonds. The number of hydrogen-bond donors (Lipinski definition) is 2. The van der Waals surface area contributed by atoms with Crippen LogP contribution in [0.4, 0.5) is 18.9 Å². The summed E-state index contributed by atoms with van der Waals surface area (Å²) in [5, 5.41) is 10.2. The Morgan fingerprint density at radius 2 is 1.80 bits per heavy atom. The van der Waals surface area contributed by atoms with Crippen LogP contribution in [-0.2, 0) is 6.18 Å². The zero-order valence-corrected chi connectivity index (χ0v) is 15.5. The maximum Gasteiger partial charge on any atom is 0.416 e. The van der Waals surface area contributed by atoms with E-state index in [9.17, 15) is 18.0 Å². The van der Waals surface area contributed by atoms with Crippen LogP contribution in [0.3, 0.4) is 0 Å². The molecule has 2 heterocycles. The lowest BCUT2D eigenvalue weighted by Crippen LogP contribution is -2.14. The van der Waals surface area contributed by atoms with Crippen LogP contribution in [0.15, 0.2) is 42.5 Å². The van der Waals surface area contributed by atoms with Crippen molar-refractivity contribution in [2.75, 3.05) is 12.1 Å². The SMILES string of the molecule is O=C(Nc1c(-c2ccc3c(c2)OCO3)n[nH]c1C1CC1)c1ccc(C(F)(F)F)cc1. The average molecular weight is 415 g/mol. The van der Waals surface area contributed by atoms with Crippen molar-refractivity contribution in [3.05, 3.63) is 59.3 Å². The number of aromatic amines is 1. The molecule has 0 unspecified atom stereocenters. The molecule has 0 bridgehead atoms. The number of rotatable bonds is 4. The average Bonchev–Trinajstić information content (AvgIpc) is 3.31. The van der Waals surface area contributed by atoms with Crippen LogP contribution >= 0.6 is 0 Å². The van der Waals surface area contributed by atoms with E-state index in [4.69, 9.17) is 9.47 Å². The molecule has 2 aromatic carbocycles. The minimum absolute atomic E-state index is 0.127. The summed E-state index contributed by atoms with van der Waals surface area (Å²) in [4.78, 5) is 12.8. The number of anilines is 1. The highest BCUT2D eigenvalue weighted by Crippen LogP contribution is 2.46. The summed E-state index contributed by atoms with van der Waals surface area (Å²) in [7, 11) is 0. The number of benzene rings is 2. The van der Waals surface area contributed by atoms with E-state index in [1.54, 1.807) is 12.1 Å². The fraction of sp³-hybridized carbons (Fsp3) is 0.238. The molecular formula is C21H16F3N3O3. The summed E-state index contributed by atoms with van der Waals surface area (Å²) in [5.41, 5.74) is 1.93. The summed E-state index contributed by atoms with van der Waals surface area (Å²) in [6.07, 6.45) is -2.50. The second-order valence-corrected chi connectivity index (χ2v) is 7.23. The minimum Gasteiger partial charge on any atom is -0.454 e. The van der Waals surface area contributed by atoms with Crippen molar-refractivity contribution >= 4 is 11.6 Å². The van der Waals surface area contributed by atoms with Gasteiger partial charge in [0.15, 0.2) is 11.5 Å². The number of fused-ring (bicyclic) bond motifs is 1. The highest BCUT2D eigenvalue weighted by Gasteiger charge is 2.32. The number of ether oxygens (including phenoxy) is 2. The molecule has 1 aliphatic heterocycles. The summed E-state index contributed by atoms with van der Waals surface area (Å²) in [5.74, 6) is 0.979. The Labute approximate surface area is 169 Å². The first kappa shape index (κ1) is 18.5. The third-order valence-electron chi connectivity index (χ3n) is 5.14. The summed E-state index contributed by atoms with van der Waals surface area (Å²) >= 11 is 0. The van der Waals surface area contributed by atoms with Crippen molar-refractivity contribution in [1.29, 1.82) is 0 Å². The number of carbonyl (C=O) groups excluding carboxylic acids is 1. The molecule has 2 aliphatic rings. The number of alkyl halides is 3. The van der Waals surface area contributed by atoms with Gasteiger partial charge in [-0.15, -0.1) is 0 Å². The zero-order chi connectivity index (χ0) is 20.9. The van der Waals surface area contributed by atoms with E-state index in [0.717, 1.165) is 48.4 Å². The predicted octanol–water partition coefficient (Wildman–Crippen LogP) is 4.95. The van der Waals surface area contributed by atoms with E-state index in [0.29, 0.717) is 22.9 Å². The van der Waals surface area contributed by atoms with Crippen molar-refractivity contribution < 1.29 is 27.4 Å². The van der Waals surface area contributed by atoms with Gasteiger partial charge in [-0.3, -0.25) is 9.89 Å². The van der Waals surface area contributed by atoms with Crippen molar-refractivity contribution in [2.45, 2.75) is 24.9 Å². The van der Waals surface area contributed by atoms with Crippen molar-refractivity contribution in [1.82, 2.24) is 10.2 Å². The Hall–Kier alpha value is -3.49. The van der Waals surface area contributed by atoms with Gasteiger partial charge in [0.05, 0.1) is 16.9 Å². The van der Waals surface area contributed by atoms with Crippen molar-refractivity contribution in [2.24, 2.45) is 0 Å². The Kier molecular flexibility index (Phi) is 4.19. The molecule has 0 spiro atoms. The van der Waals surface area contributed by atoms with E-state index in [1.807, 2.05) is 6.07 Å². The van der Waals surface area contributed by atoms with Gasteiger partial charge in [-0.25, -0.2) is 0 Å². The van der Waals surface area contributed by atoms with Gasteiger partial charge in [0.25, 0.3) is 5.91 Å². The maximum absolute atomic E-state index is 12.8. The number of hydrogen-bond acceptors (Lipinski definition) is 4. The summed E-state index contributed by atoms with van der Waals surface area (Å²) < 4.78 is 49.1. The van der Waals surface area contributed by atoms with Crippen LogP contribution in [-0.4, -0.2) is 22.9 Å². The molecule has 0 saturated heterocycles. The monoisotopic (exact) mass is 415 g/mol. The molecule has 1 aromatic heterocycles. The second-order valence-electron chi connectivity index (χ2n) is 7.23. The van der Waals surface area contributed by atoms with Crippen molar-refractivity contribution in [3.63, 3.8) is 0 Å². The molecule has 2 N–H and O–H groups in total. The quantitative estimate of drug-likeness (QED) is 0.632. The number of aromatic nitrogens is 2. The molecule has 5 rings (SSSR count). The Morgan fingerprint density at radius 3 is 2.50 bits per heavy atom. The highest BCUT2D eigenvalue weighted by molar-refractivity contribution is 6.06. The lowest BCUT2D eigenvalue weighted by atomic mass is 10.1. The van der Waals surface area contributed by atoms with Gasteiger partial charge in [0.2, 0.25) is 6.79 Å². The third-order valence-corrected chi connectivity index (χ3v) is 5.14. The van der Waals surface area contributed by atoms with E-state index in [2.05, 4.69) is 15.5 Å². The number of halogens is 3. The van der Waals surface area contributed by atoms with Crippen LogP contribution in [0.2, 0.25) is 0 Å². The number of carbonyl (C=O) groups is 1. The molecular weight excluding hydrogens is 399 g/mol. The van der Waals surface area contributed by atoms with Gasteiger partial charge in [-0.1, -0.05) is 0 Å². The minimum atomic E-state index is -4.45. The molecule has 1 fully saturated rings. The van der Waals surface area contributed by atoms with E-state index in [-0.39, 0.29) is 18.3 Å². The first-order valence-electron chi connectivity index (χ1n) is 9.37. The first-order valence-corrected chi connectivity index (χ1v) is 9.37. The van der Waals surface area contributed by atoms with Crippen LogP contribution in [0.25, 0.3) is 11.3 Å². The molecule has 30 heavy (non-hydrogen) atoms. The molecule has 1 saturated carbocycles. The van der Waals surface area contributed by atoms with Gasteiger partial charge < -0.3 is 14.8 Å². The first-order chi connectivity index (χ1) is 14.4. The van der Waals surface area contributed by atoms with Gasteiger partial charge in [0, 0.05) is 17.0 Å². The molecule has 3 aromatic rings. The van der Waals surface area contributed by atoms with E-state index in [1.165, 1.54) is 0 Å². The number of nitrogens with one attached hydrogen (secondary N) is 2. The molecule has 0 radical (unpaired) electrons. The fourth-order valence-electron chi connectivity index (χ4n) is 3.40. The topological polar surface area (TPSA) is 76.2 Å². The molecule has 9 heteroatoms. The van der Waals surface area contributed by atoms with E-state index >= 15 is 0 Å². The van der Waals surface area contributed by atoms with Crippen LogP contribution in [0, 0.1) is 0 Å². The molecule has 6 nitrogen and oxygen atoms in total. The lowest BCUT2D eigenvalue weighted by molar-refractivity contribution is -0.137. The second kappa shape index (κ2) is 6.79. The van der Waals surface area contributed by atoms with Crippen LogP contribution in [0.5, 0.6) is 11.5 Å². The summed E-state index contributed by atoms with van der Waals surface area (Å²) in [6, 6.07) is 9.47. The maximum atomic E-state index is 12.8. The Bertz CT molecular complexity index is 1120. The normalized spacial score (nSPS) is 15.3. The van der Waals surface area contributed by atoms with E-state index < -0.39 is 17.6 Å². The number of amides is 1. The lowest BCUT2D eigenvalue weighted by Gasteiger charge is -2.10. The largest absolute Gasteiger partial charge is 0.454 e. The van der Waals surface area contributed by atoms with Gasteiger partial charge >= 0.3 is 6.18 Å². The molecule has 0 atom stereocenters. The standard InChI is InChI=1S/C21H16F3N3O3/c22-21(23,24)14-6-3-12(4-7-14)20(28)25-19-17(11-1-2-11)26-27-18(19)13-5-8-15-16(9-13)30-10-29-15/h3-9,11H,1-2,10H2,(H,25,28)(H,26,27). The molecule has 1 aliphatic carbocycles. The predicted molar refractivity (Wildman–Crippen MR) is 102 cm³/mol. The van der Waals surface area contributed by atoms with Gasteiger partial charge in [0.1, 0.15) is 5.69 Å². The number of H-pyrrole nitrogens is 1. The Balaban J connectivity index is 1.46. The van der Waals surface area contributed by atoms with Crippen LogP contribution in [0.1, 0.15) is 40.4 Å². The Morgan fingerprint density at radius 1 is 1.07 bits per heavy atom. The highest BCUT2D eigenvalue weighted by atomic mass is 19.4. The fourth-order valence-corrected chi connectivity index (χ4v) is 3.40. The smallest absolute Gasteiger partial charge is 0.416 e. The van der Waals surface area contributed by atoms with Gasteiger partial charge in [-0.05, 0) is 55.3 Å². The van der Waals surface area contributed by atoms with Crippen LogP contribution < -0.4 is 14.8 Å². The van der Waals surface area contributed by atoms with Gasteiger partial charge in [-0.2, -0.15) is 18.3 Å².